The smallest absolute Gasteiger partial charge is 0.178 e. The molecule has 0 aliphatic rings. The van der Waals surface area contributed by atoms with Gasteiger partial charge in [0, 0.05) is 3.81 Å². The molecule has 0 aromatic rings. The minimum Gasteiger partial charge on any atom is -0.265 e. The Hall–Kier alpha value is 1.69. The molecule has 0 spiro atoms. The molecule has 0 N–H and O–H groups in total. The fourth-order valence-electron chi connectivity index (χ4n) is 0. The third kappa shape index (κ3) is 3.69. The molecule has 1 nitrogen and oxygen atoms in total. The number of halogens is 2. The molecule has 0 saturated carbocycles. The summed E-state index contributed by atoms with van der Waals surface area (Å²) in [6.45, 7) is 0. The fraction of sp³-hybridized carbons (Fsp3) is 0. The van der Waals surface area contributed by atoms with Crippen LogP contribution in [0.4, 0.5) is 0 Å². The molecule has 26 valence electrons. The Morgan fingerprint density at radius 2 is 2.75 bits per heavy atom. The topological polar surface area (TPSA) is 17.1 Å². The Balaban J connectivity index is 2.83. The lowest BCUT2D eigenvalue weighted by atomic mass is 16.0. The van der Waals surface area contributed by atoms with Gasteiger partial charge in [-0.15, -0.1) is 0 Å². The second-order valence-corrected chi connectivity index (χ2v) is 10.0. The lowest BCUT2D eigenvalue weighted by Crippen LogP contribution is -0.795. The van der Waals surface area contributed by atoms with E-state index in [0.29, 0.717) is 0 Å². The summed E-state index contributed by atoms with van der Waals surface area (Å²) < 4.78 is 15.4. The van der Waals surface area contributed by atoms with Crippen LogP contribution in [0, 0.1) is 0 Å². The molecule has 0 saturated heterocycles. The van der Waals surface area contributed by atoms with Crippen LogP contribution in [0.3, 0.4) is 0 Å². The normalized spacial score (nSPS) is 18.8. The standard InChI is InChI=1S/HI2OP/c1-4-2-3/h4H/i4D. The van der Waals surface area contributed by atoms with Gasteiger partial charge in [0.1, 0.15) is 0 Å². The summed E-state index contributed by atoms with van der Waals surface area (Å²) in [5.41, 5.74) is 0. The zero-order chi connectivity index (χ0) is 4.28. The fourth-order valence-corrected chi connectivity index (χ4v) is 0. The maximum Gasteiger partial charge on any atom is 0.178 e. The molecule has 0 aromatic heterocycles. The molecule has 0 rings (SSSR count). The van der Waals surface area contributed by atoms with E-state index in [0.717, 1.165) is 0 Å². The van der Waals surface area contributed by atoms with Crippen molar-refractivity contribution in [3.63, 3.8) is 0 Å². The molecule has 0 heterocycles. The van der Waals surface area contributed by atoms with Gasteiger partial charge in [0.05, 0.1) is 1.28 Å². The molecular weight excluding hydrogens is 301 g/mol. The Kier molecular flexibility index (Phi) is 4.53. The number of hydrogen-bond acceptors (Lipinski definition) is 1. The molecule has 1 unspecified atom stereocenters. The predicted octanol–water partition coefficient (Wildman–Crippen LogP) is 2.25. The third-order valence-electron chi connectivity index (χ3n) is 0.0261. The van der Waals surface area contributed by atoms with Gasteiger partial charge in [0.15, 0.2) is 20.6 Å². The van der Waals surface area contributed by atoms with Crippen LogP contribution in [0.15, 0.2) is 0 Å². The average molecular weight is 303 g/mol. The monoisotopic (exact) mass is 303 g/mol. The maximum absolute atomic E-state index is 9.57. The van der Waals surface area contributed by atoms with E-state index < -0.39 is 24.5 Å². The Morgan fingerprint density at radius 3 is 2.75 bits per heavy atom. The van der Waals surface area contributed by atoms with E-state index in [4.69, 9.17) is 1.28 Å². The largest absolute Gasteiger partial charge is 0.265 e. The van der Waals surface area contributed by atoms with Gasteiger partial charge in [-0.25, -0.2) is 0 Å². The quantitative estimate of drug-likeness (QED) is 0.536. The number of rotatable bonds is 1. The van der Waals surface area contributed by atoms with Crippen molar-refractivity contribution in [2.75, 3.05) is 0 Å². The highest BCUT2D eigenvalue weighted by molar-refractivity contribution is 14.3. The molecule has 0 radical (unpaired) electrons. The molecule has 4 heteroatoms. The second-order valence-electron chi connectivity index (χ2n) is 0.133. The van der Waals surface area contributed by atoms with Crippen LogP contribution in [-0.4, -0.2) is 1.28 Å². The van der Waals surface area contributed by atoms with Gasteiger partial charge >= 0.3 is 0 Å². The molecule has 0 fully saturated rings. The molecule has 4 heavy (non-hydrogen) atoms. The summed E-state index contributed by atoms with van der Waals surface area (Å²) in [5.74, 6) is 0. The first kappa shape index (κ1) is 3.87. The first-order chi connectivity index (χ1) is 2.27. The Labute approximate surface area is 50.5 Å². The summed E-state index contributed by atoms with van der Waals surface area (Å²) in [6.07, 6.45) is 0. The Morgan fingerprint density at radius 1 is 2.50 bits per heavy atom. The molecule has 0 aliphatic heterocycles. The first-order valence-corrected chi connectivity index (χ1v) is 7.84. The molecule has 0 aromatic carbocycles. The van der Waals surface area contributed by atoms with Crippen molar-refractivity contribution in [3.05, 3.63) is 0 Å². The van der Waals surface area contributed by atoms with E-state index in [1.54, 1.807) is 0 Å². The number of hydrogen-bond donors (Lipinski definition) is 0. The van der Waals surface area contributed by atoms with Gasteiger partial charge in [-0.1, -0.05) is 0 Å². The van der Waals surface area contributed by atoms with Crippen molar-refractivity contribution < 1.29 is 3.07 Å². The van der Waals surface area contributed by atoms with Crippen LogP contribution in [0.5, 0.6) is 0 Å². The van der Waals surface area contributed by atoms with E-state index in [1.165, 1.54) is 0 Å². The summed E-state index contributed by atoms with van der Waals surface area (Å²) in [6, 6.07) is 0. The summed E-state index contributed by atoms with van der Waals surface area (Å²) >= 11 is 0.890. The maximum atomic E-state index is 9.57. The van der Waals surface area contributed by atoms with Crippen molar-refractivity contribution in [2.45, 2.75) is 0 Å². The van der Waals surface area contributed by atoms with E-state index in [2.05, 4.69) is 0 Å². The predicted molar refractivity (Wildman–Crippen MR) is 37.0 cm³/mol. The summed E-state index contributed by atoms with van der Waals surface area (Å²) in [5, 5.41) is 0. The van der Waals surface area contributed by atoms with Gasteiger partial charge in [-0.2, -0.15) is 0 Å². The summed E-state index contributed by atoms with van der Waals surface area (Å²) in [7, 11) is 0. The van der Waals surface area contributed by atoms with Crippen molar-refractivity contribution in [2.24, 2.45) is 0 Å². The molecular formula is HI2OP. The average Bonchev–Trinajstić information content (AvgIpc) is 1.38. The lowest BCUT2D eigenvalue weighted by molar-refractivity contribution is 0.649. The van der Waals surface area contributed by atoms with Crippen LogP contribution in [0.1, 0.15) is 0 Å². The van der Waals surface area contributed by atoms with E-state index in [9.17, 15) is 3.07 Å². The molecule has 1 atom stereocenters. The van der Waals surface area contributed by atoms with Crippen LogP contribution < -0.4 is 0 Å². The second kappa shape index (κ2) is 4.69. The van der Waals surface area contributed by atoms with E-state index >= 15 is 0 Å². The molecule has 0 bridgehead atoms. The third-order valence-corrected chi connectivity index (χ3v) is 3.52. The lowest BCUT2D eigenvalue weighted by Gasteiger charge is -1.47. The zero-order valence-corrected chi connectivity index (χ0v) is 6.82. The van der Waals surface area contributed by atoms with Crippen molar-refractivity contribution in [1.82, 2.24) is 0 Å². The van der Waals surface area contributed by atoms with Crippen LogP contribution in [-0.2, 0) is 3.07 Å². The molecule has 0 amide bonds. The first-order valence-electron chi connectivity index (χ1n) is 0.940. The van der Waals surface area contributed by atoms with Crippen molar-refractivity contribution in [1.29, 1.82) is 1.28 Å². The van der Waals surface area contributed by atoms with Crippen molar-refractivity contribution >= 4 is 46.5 Å². The van der Waals surface area contributed by atoms with Crippen LogP contribution in [0.25, 0.3) is 0 Å². The minimum atomic E-state index is -0.984. The van der Waals surface area contributed by atoms with E-state index in [-0.39, 0.29) is 0 Å². The minimum absolute atomic E-state index is 0.824. The van der Waals surface area contributed by atoms with Crippen LogP contribution >= 0.6 is 46.5 Å². The van der Waals surface area contributed by atoms with Gasteiger partial charge < -0.3 is 0 Å². The van der Waals surface area contributed by atoms with Gasteiger partial charge in [-0.3, -0.25) is 3.07 Å². The Bertz CT molecular complexity index is 36.6. The van der Waals surface area contributed by atoms with Gasteiger partial charge in [0.25, 0.3) is 0 Å². The summed E-state index contributed by atoms with van der Waals surface area (Å²) in [4.78, 5) is 0. The highest BCUT2D eigenvalue weighted by Gasteiger charge is 1.57. The molecule has 0 aliphatic carbocycles. The van der Waals surface area contributed by atoms with E-state index in [1.807, 2.05) is 22.0 Å². The SMILES string of the molecule is [2H]P(I)I=O. The highest BCUT2D eigenvalue weighted by atomic mass is 127. The van der Waals surface area contributed by atoms with Gasteiger partial charge in [0.2, 0.25) is 0 Å². The zero-order valence-electron chi connectivity index (χ0n) is 2.61. The van der Waals surface area contributed by atoms with Crippen LogP contribution in [0.2, 0.25) is 0 Å². The van der Waals surface area contributed by atoms with Gasteiger partial charge in [-0.05, 0) is 22.0 Å². The highest BCUT2D eigenvalue weighted by Crippen LogP contribution is 2.34. The van der Waals surface area contributed by atoms with Crippen molar-refractivity contribution in [3.8, 4) is 0 Å².